The number of amides is 1. The summed E-state index contributed by atoms with van der Waals surface area (Å²) < 4.78 is 62.0. The molecule has 1 amide bonds. The minimum absolute atomic E-state index is 0.0163. The average Bonchev–Trinajstić information content (AvgIpc) is 2.94. The summed E-state index contributed by atoms with van der Waals surface area (Å²) in [6, 6.07) is 16.0. The molecule has 232 valence electrons. The SMILES string of the molecule is CCOC(Cc1ccc(OCCN(CCOCc2cc(Cl)cc(Cl)c2)C(=O)Oc2ccccc2C(F)(F)F)cc1)C(=O)O. The summed E-state index contributed by atoms with van der Waals surface area (Å²) in [6.45, 7) is 2.07. The van der Waals surface area contributed by atoms with Crippen LogP contribution in [-0.4, -0.2) is 61.1 Å². The van der Waals surface area contributed by atoms with E-state index >= 15 is 0 Å². The highest BCUT2D eigenvalue weighted by atomic mass is 35.5. The summed E-state index contributed by atoms with van der Waals surface area (Å²) in [5.74, 6) is -1.24. The van der Waals surface area contributed by atoms with Crippen molar-refractivity contribution in [3.63, 3.8) is 0 Å². The number of para-hydroxylation sites is 1. The number of hydrogen-bond donors (Lipinski definition) is 1. The molecule has 0 aliphatic carbocycles. The van der Waals surface area contributed by atoms with Crippen LogP contribution in [0.25, 0.3) is 0 Å². The number of aliphatic carboxylic acids is 1. The van der Waals surface area contributed by atoms with E-state index < -0.39 is 35.7 Å². The van der Waals surface area contributed by atoms with Gasteiger partial charge in [-0.25, -0.2) is 9.59 Å². The lowest BCUT2D eigenvalue weighted by atomic mass is 10.1. The standard InChI is InChI=1S/C30H30Cl2F3NO7/c1-2-41-27(28(37)38)17-20-7-9-24(10-8-20)42-14-12-36(11-13-40-19-21-15-22(31)18-23(32)16-21)29(39)43-26-6-4-3-5-25(26)30(33,34)35/h3-10,15-16,18,27H,2,11-14,17,19H2,1H3,(H,37,38). The Hall–Kier alpha value is -3.51. The third kappa shape index (κ3) is 11.3. The normalized spacial score (nSPS) is 12.0. The average molecular weight is 644 g/mol. The van der Waals surface area contributed by atoms with Gasteiger partial charge < -0.3 is 29.0 Å². The fourth-order valence-corrected chi connectivity index (χ4v) is 4.50. The lowest BCUT2D eigenvalue weighted by Crippen LogP contribution is -2.39. The van der Waals surface area contributed by atoms with Gasteiger partial charge in [0.05, 0.1) is 25.3 Å². The maximum absolute atomic E-state index is 13.4. The topological polar surface area (TPSA) is 94.5 Å². The number of carbonyl (C=O) groups is 2. The van der Waals surface area contributed by atoms with E-state index in [4.69, 9.17) is 42.1 Å². The van der Waals surface area contributed by atoms with E-state index in [-0.39, 0.29) is 45.9 Å². The van der Waals surface area contributed by atoms with Crippen molar-refractivity contribution in [2.45, 2.75) is 32.2 Å². The van der Waals surface area contributed by atoms with Gasteiger partial charge in [-0.1, -0.05) is 47.5 Å². The summed E-state index contributed by atoms with van der Waals surface area (Å²) in [6.07, 6.45) is -6.53. The van der Waals surface area contributed by atoms with Crippen LogP contribution in [0.2, 0.25) is 10.0 Å². The first-order valence-electron chi connectivity index (χ1n) is 13.2. The van der Waals surface area contributed by atoms with Gasteiger partial charge in [0, 0.05) is 29.6 Å². The van der Waals surface area contributed by atoms with Gasteiger partial charge in [-0.2, -0.15) is 13.2 Å². The van der Waals surface area contributed by atoms with Crippen molar-refractivity contribution in [3.05, 3.63) is 93.5 Å². The second kappa shape index (κ2) is 16.4. The fourth-order valence-electron chi connectivity index (χ4n) is 3.93. The molecule has 0 spiro atoms. The maximum atomic E-state index is 13.4. The van der Waals surface area contributed by atoms with Gasteiger partial charge in [-0.05, 0) is 60.5 Å². The number of carboxylic acids is 1. The zero-order valence-electron chi connectivity index (χ0n) is 23.1. The Morgan fingerprint density at radius 1 is 0.930 bits per heavy atom. The van der Waals surface area contributed by atoms with Crippen LogP contribution in [-0.2, 0) is 33.5 Å². The van der Waals surface area contributed by atoms with E-state index in [9.17, 15) is 27.9 Å². The molecule has 0 fully saturated rings. The Balaban J connectivity index is 1.63. The first-order valence-corrected chi connectivity index (χ1v) is 13.9. The highest BCUT2D eigenvalue weighted by Crippen LogP contribution is 2.36. The molecule has 8 nitrogen and oxygen atoms in total. The number of ether oxygens (including phenoxy) is 4. The number of hydrogen-bond acceptors (Lipinski definition) is 6. The van der Waals surface area contributed by atoms with Gasteiger partial charge in [-0.3, -0.25) is 0 Å². The number of rotatable bonds is 15. The Morgan fingerprint density at radius 3 is 2.21 bits per heavy atom. The molecule has 3 aromatic rings. The molecule has 3 aromatic carbocycles. The van der Waals surface area contributed by atoms with Crippen molar-refractivity contribution < 1.29 is 46.8 Å². The van der Waals surface area contributed by atoms with E-state index in [0.29, 0.717) is 21.4 Å². The van der Waals surface area contributed by atoms with Crippen LogP contribution in [0.3, 0.4) is 0 Å². The van der Waals surface area contributed by atoms with Crippen molar-refractivity contribution in [1.82, 2.24) is 4.90 Å². The van der Waals surface area contributed by atoms with Gasteiger partial charge in [0.25, 0.3) is 0 Å². The predicted molar refractivity (Wildman–Crippen MR) is 154 cm³/mol. The van der Waals surface area contributed by atoms with Crippen LogP contribution in [0, 0.1) is 0 Å². The molecule has 0 saturated carbocycles. The third-order valence-electron chi connectivity index (χ3n) is 5.96. The predicted octanol–water partition coefficient (Wildman–Crippen LogP) is 7.14. The Labute approximate surface area is 256 Å². The van der Waals surface area contributed by atoms with E-state index in [1.165, 1.54) is 17.0 Å². The fraction of sp³-hybridized carbons (Fsp3) is 0.333. The van der Waals surface area contributed by atoms with E-state index in [0.717, 1.165) is 17.7 Å². The Bertz CT molecular complexity index is 1340. The molecule has 1 atom stereocenters. The Morgan fingerprint density at radius 2 is 1.58 bits per heavy atom. The van der Waals surface area contributed by atoms with Gasteiger partial charge >= 0.3 is 18.2 Å². The molecule has 1 unspecified atom stereocenters. The van der Waals surface area contributed by atoms with Gasteiger partial charge in [0.2, 0.25) is 0 Å². The molecule has 43 heavy (non-hydrogen) atoms. The van der Waals surface area contributed by atoms with E-state index in [2.05, 4.69) is 0 Å². The number of carbonyl (C=O) groups excluding carboxylic acids is 1. The van der Waals surface area contributed by atoms with Gasteiger partial charge in [-0.15, -0.1) is 0 Å². The minimum Gasteiger partial charge on any atom is -0.492 e. The van der Waals surface area contributed by atoms with Crippen molar-refractivity contribution in [3.8, 4) is 11.5 Å². The van der Waals surface area contributed by atoms with Crippen molar-refractivity contribution >= 4 is 35.3 Å². The maximum Gasteiger partial charge on any atom is 0.419 e. The summed E-state index contributed by atoms with van der Waals surface area (Å²) >= 11 is 12.0. The molecule has 0 aromatic heterocycles. The molecule has 0 aliphatic rings. The molecule has 0 radical (unpaired) electrons. The molecular weight excluding hydrogens is 614 g/mol. The van der Waals surface area contributed by atoms with Gasteiger partial charge in [0.1, 0.15) is 18.1 Å². The highest BCUT2D eigenvalue weighted by molar-refractivity contribution is 6.34. The third-order valence-corrected chi connectivity index (χ3v) is 6.40. The van der Waals surface area contributed by atoms with Crippen LogP contribution in [0.4, 0.5) is 18.0 Å². The number of halogens is 5. The lowest BCUT2D eigenvalue weighted by Gasteiger charge is -2.23. The first-order chi connectivity index (χ1) is 20.5. The number of carboxylic acid groups (broad SMARTS) is 1. The zero-order chi connectivity index (χ0) is 31.4. The smallest absolute Gasteiger partial charge is 0.419 e. The highest BCUT2D eigenvalue weighted by Gasteiger charge is 2.35. The summed E-state index contributed by atoms with van der Waals surface area (Å²) in [4.78, 5) is 25.5. The number of alkyl halides is 3. The summed E-state index contributed by atoms with van der Waals surface area (Å²) in [5.41, 5.74) is 0.344. The van der Waals surface area contributed by atoms with Crippen LogP contribution in [0.1, 0.15) is 23.6 Å². The summed E-state index contributed by atoms with van der Waals surface area (Å²) in [7, 11) is 0. The molecule has 0 bridgehead atoms. The summed E-state index contributed by atoms with van der Waals surface area (Å²) in [5, 5.41) is 10.1. The molecular formula is C30H30Cl2F3NO7. The van der Waals surface area contributed by atoms with Crippen molar-refractivity contribution in [1.29, 1.82) is 0 Å². The van der Waals surface area contributed by atoms with Crippen LogP contribution >= 0.6 is 23.2 Å². The number of nitrogens with zero attached hydrogens (tertiary/aromatic N) is 1. The Kier molecular flexibility index (Phi) is 12.9. The largest absolute Gasteiger partial charge is 0.492 e. The van der Waals surface area contributed by atoms with Crippen LogP contribution in [0.15, 0.2) is 66.7 Å². The molecule has 0 aliphatic heterocycles. The molecule has 13 heteroatoms. The second-order valence-corrected chi connectivity index (χ2v) is 10.0. The van der Waals surface area contributed by atoms with E-state index in [1.807, 2.05) is 0 Å². The molecule has 1 N–H and O–H groups in total. The zero-order valence-corrected chi connectivity index (χ0v) is 24.6. The van der Waals surface area contributed by atoms with Gasteiger partial charge in [0.15, 0.2) is 6.10 Å². The molecule has 3 rings (SSSR count). The lowest BCUT2D eigenvalue weighted by molar-refractivity contribution is -0.150. The van der Waals surface area contributed by atoms with Crippen LogP contribution in [0.5, 0.6) is 11.5 Å². The minimum atomic E-state index is -4.72. The van der Waals surface area contributed by atoms with Crippen molar-refractivity contribution in [2.75, 3.05) is 32.9 Å². The van der Waals surface area contributed by atoms with Crippen LogP contribution < -0.4 is 9.47 Å². The molecule has 0 heterocycles. The van der Waals surface area contributed by atoms with E-state index in [1.54, 1.807) is 49.4 Å². The quantitative estimate of drug-likeness (QED) is 0.176. The first kappa shape index (κ1) is 34.0. The molecule has 0 saturated heterocycles. The second-order valence-electron chi connectivity index (χ2n) is 9.16. The monoisotopic (exact) mass is 643 g/mol. The number of benzene rings is 3. The van der Waals surface area contributed by atoms with Crippen molar-refractivity contribution in [2.24, 2.45) is 0 Å².